The third-order valence-corrected chi connectivity index (χ3v) is 3.32. The van der Waals surface area contributed by atoms with Crippen molar-refractivity contribution in [1.29, 1.82) is 0 Å². The number of alkyl halides is 3. The van der Waals surface area contributed by atoms with Gasteiger partial charge < -0.3 is 5.11 Å². The highest BCUT2D eigenvalue weighted by Gasteiger charge is 2.18. The lowest BCUT2D eigenvalue weighted by Crippen LogP contribution is -2.07. The molecule has 0 aliphatic heterocycles. The average Bonchev–Trinajstić information content (AvgIpc) is 2.15. The Balaban J connectivity index is 3.22. The van der Waals surface area contributed by atoms with Gasteiger partial charge in [0.25, 0.3) is 6.43 Å². The van der Waals surface area contributed by atoms with Crippen molar-refractivity contribution in [3.05, 3.63) is 26.6 Å². The van der Waals surface area contributed by atoms with Gasteiger partial charge in [-0.05, 0) is 28.7 Å². The largest absolute Gasteiger partial charge is 0.481 e. The second kappa shape index (κ2) is 5.85. The molecule has 1 rings (SSSR count). The summed E-state index contributed by atoms with van der Waals surface area (Å²) in [7, 11) is 0. The van der Waals surface area contributed by atoms with Crippen LogP contribution < -0.4 is 0 Å². The van der Waals surface area contributed by atoms with Gasteiger partial charge in [-0.15, -0.1) is 0 Å². The highest BCUT2D eigenvalue weighted by molar-refractivity contribution is 14.1. The van der Waals surface area contributed by atoms with Gasteiger partial charge in [0.05, 0.1) is 12.1 Å². The predicted molar refractivity (Wildman–Crippen MR) is 65.9 cm³/mol. The maximum Gasteiger partial charge on any atom is 0.309 e. The van der Waals surface area contributed by atoms with E-state index in [1.165, 1.54) is 0 Å². The molecule has 1 heterocycles. The standard InChI is InChI=1S/C9H7BrF2INO2/c10-3-6-5(8(11)12)1-4(2-7(15)16)14-9(6)13/h1,8H,2-3H2,(H,15,16). The number of aliphatic carboxylic acids is 1. The molecule has 0 saturated carbocycles. The fourth-order valence-corrected chi connectivity index (χ4v) is 3.11. The molecule has 1 aromatic heterocycles. The Hall–Kier alpha value is -0.310. The van der Waals surface area contributed by atoms with Crippen LogP contribution in [0.2, 0.25) is 0 Å². The number of nitrogens with zero attached hydrogens (tertiary/aromatic N) is 1. The Morgan fingerprint density at radius 2 is 2.25 bits per heavy atom. The molecule has 0 aliphatic rings. The molecule has 3 nitrogen and oxygen atoms in total. The van der Waals surface area contributed by atoms with Crippen molar-refractivity contribution in [1.82, 2.24) is 4.98 Å². The lowest BCUT2D eigenvalue weighted by Gasteiger charge is -2.10. The van der Waals surface area contributed by atoms with Crippen molar-refractivity contribution >= 4 is 44.5 Å². The summed E-state index contributed by atoms with van der Waals surface area (Å²) in [5.74, 6) is -1.09. The van der Waals surface area contributed by atoms with Crippen LogP contribution in [0.15, 0.2) is 6.07 Å². The molecule has 0 unspecified atom stereocenters. The first-order valence-electron chi connectivity index (χ1n) is 4.19. The molecule has 0 saturated heterocycles. The minimum atomic E-state index is -2.63. The molecule has 0 atom stereocenters. The third kappa shape index (κ3) is 3.34. The lowest BCUT2D eigenvalue weighted by atomic mass is 10.1. The highest BCUT2D eigenvalue weighted by atomic mass is 127. The van der Waals surface area contributed by atoms with Gasteiger partial charge in [-0.2, -0.15) is 0 Å². The number of rotatable bonds is 4. The van der Waals surface area contributed by atoms with Gasteiger partial charge in [0.1, 0.15) is 3.70 Å². The van der Waals surface area contributed by atoms with E-state index in [9.17, 15) is 13.6 Å². The van der Waals surface area contributed by atoms with Crippen LogP contribution in [0.5, 0.6) is 0 Å². The monoisotopic (exact) mass is 405 g/mol. The molecule has 7 heteroatoms. The van der Waals surface area contributed by atoms with Gasteiger partial charge in [0.2, 0.25) is 0 Å². The first-order valence-corrected chi connectivity index (χ1v) is 6.39. The molecular weight excluding hydrogens is 399 g/mol. The number of carboxylic acid groups (broad SMARTS) is 1. The number of hydrogen-bond acceptors (Lipinski definition) is 2. The van der Waals surface area contributed by atoms with Gasteiger partial charge in [-0.3, -0.25) is 4.79 Å². The molecule has 0 spiro atoms. The van der Waals surface area contributed by atoms with Crippen molar-refractivity contribution < 1.29 is 18.7 Å². The van der Waals surface area contributed by atoms with Crippen molar-refractivity contribution in [2.45, 2.75) is 18.2 Å². The molecule has 1 N–H and O–H groups in total. The minimum absolute atomic E-state index is 0.150. The average molecular weight is 406 g/mol. The molecule has 0 radical (unpaired) electrons. The van der Waals surface area contributed by atoms with Crippen LogP contribution in [0.1, 0.15) is 23.2 Å². The van der Waals surface area contributed by atoms with E-state index in [1.54, 1.807) is 0 Å². The summed E-state index contributed by atoms with van der Waals surface area (Å²) in [6.45, 7) is 0. The molecule has 0 fully saturated rings. The summed E-state index contributed by atoms with van der Waals surface area (Å²) in [6.07, 6.45) is -2.98. The van der Waals surface area contributed by atoms with Crippen molar-refractivity contribution in [3.8, 4) is 0 Å². The van der Waals surface area contributed by atoms with E-state index in [4.69, 9.17) is 5.11 Å². The van der Waals surface area contributed by atoms with Crippen molar-refractivity contribution in [2.75, 3.05) is 0 Å². The fraction of sp³-hybridized carbons (Fsp3) is 0.333. The Morgan fingerprint density at radius 3 is 2.69 bits per heavy atom. The van der Waals surface area contributed by atoms with Gasteiger partial charge in [0, 0.05) is 16.5 Å². The van der Waals surface area contributed by atoms with Gasteiger partial charge in [-0.25, -0.2) is 13.8 Å². The number of aromatic nitrogens is 1. The zero-order chi connectivity index (χ0) is 12.3. The Labute approximate surface area is 113 Å². The second-order valence-electron chi connectivity index (χ2n) is 2.98. The second-order valence-corrected chi connectivity index (χ2v) is 4.56. The topological polar surface area (TPSA) is 50.2 Å². The number of hydrogen-bond donors (Lipinski definition) is 1. The highest BCUT2D eigenvalue weighted by Crippen LogP contribution is 2.28. The SMILES string of the molecule is O=C(O)Cc1cc(C(F)F)c(CBr)c(I)n1. The third-order valence-electron chi connectivity index (χ3n) is 1.86. The van der Waals surface area contributed by atoms with Crippen molar-refractivity contribution in [2.24, 2.45) is 0 Å². The molecule has 0 aromatic carbocycles. The van der Waals surface area contributed by atoms with E-state index in [1.807, 2.05) is 22.6 Å². The van der Waals surface area contributed by atoms with Crippen molar-refractivity contribution in [3.63, 3.8) is 0 Å². The molecule has 16 heavy (non-hydrogen) atoms. The smallest absolute Gasteiger partial charge is 0.309 e. The Kier molecular flexibility index (Phi) is 5.03. The molecule has 88 valence electrons. The zero-order valence-corrected chi connectivity index (χ0v) is 11.6. The van der Waals surface area contributed by atoms with E-state index < -0.39 is 12.4 Å². The maximum absolute atomic E-state index is 12.7. The summed E-state index contributed by atoms with van der Waals surface area (Å²) in [5, 5.41) is 8.84. The van der Waals surface area contributed by atoms with E-state index in [2.05, 4.69) is 20.9 Å². The van der Waals surface area contributed by atoms with Crippen LogP contribution >= 0.6 is 38.5 Å². The van der Waals surface area contributed by atoms with Gasteiger partial charge in [-0.1, -0.05) is 15.9 Å². The quantitative estimate of drug-likeness (QED) is 0.475. The van der Waals surface area contributed by atoms with E-state index in [0.717, 1.165) is 6.07 Å². The number of halogens is 4. The number of pyridine rings is 1. The van der Waals surface area contributed by atoms with Crippen LogP contribution in [0.3, 0.4) is 0 Å². The summed E-state index contributed by atoms with van der Waals surface area (Å²) < 4.78 is 25.8. The molecular formula is C9H7BrF2INO2. The molecule has 0 bridgehead atoms. The molecule has 0 aliphatic carbocycles. The van der Waals surface area contributed by atoms with Crippen LogP contribution in [0.4, 0.5) is 8.78 Å². The van der Waals surface area contributed by atoms with Gasteiger partial charge >= 0.3 is 5.97 Å². The normalized spacial score (nSPS) is 10.8. The molecule has 1 aromatic rings. The fourth-order valence-electron chi connectivity index (χ4n) is 1.18. The zero-order valence-electron chi connectivity index (χ0n) is 7.88. The summed E-state index contributed by atoms with van der Waals surface area (Å²) >= 11 is 4.93. The van der Waals surface area contributed by atoms with Crippen LogP contribution in [-0.2, 0) is 16.5 Å². The first kappa shape index (κ1) is 13.8. The summed E-state index contributed by atoms with van der Waals surface area (Å²) in [5.41, 5.74) is 0.397. The molecule has 0 amide bonds. The Morgan fingerprint density at radius 1 is 1.62 bits per heavy atom. The van der Waals surface area contributed by atoms with Gasteiger partial charge in [0.15, 0.2) is 0 Å². The van der Waals surface area contributed by atoms with Crippen LogP contribution in [0.25, 0.3) is 0 Å². The van der Waals surface area contributed by atoms with E-state index >= 15 is 0 Å². The first-order chi connectivity index (χ1) is 7.45. The van der Waals surface area contributed by atoms with E-state index in [-0.39, 0.29) is 23.0 Å². The van der Waals surface area contributed by atoms with Crippen LogP contribution in [0, 0.1) is 3.70 Å². The van der Waals surface area contributed by atoms with E-state index in [0.29, 0.717) is 9.26 Å². The number of carbonyl (C=O) groups is 1. The van der Waals surface area contributed by atoms with Crippen LogP contribution in [-0.4, -0.2) is 16.1 Å². The lowest BCUT2D eigenvalue weighted by molar-refractivity contribution is -0.136. The summed E-state index contributed by atoms with van der Waals surface area (Å²) in [6, 6.07) is 1.15. The maximum atomic E-state index is 12.7. The minimum Gasteiger partial charge on any atom is -0.481 e. The number of carboxylic acids is 1. The summed E-state index contributed by atoms with van der Waals surface area (Å²) in [4.78, 5) is 14.4. The Bertz CT molecular complexity index is 415. The predicted octanol–water partition coefficient (Wildman–Crippen LogP) is 3.15.